The molecule has 0 radical (unpaired) electrons. The molecule has 1 aliphatic heterocycles. The second kappa shape index (κ2) is 7.92. The van der Waals surface area contributed by atoms with Crippen LogP contribution in [0, 0.1) is 20.8 Å². The van der Waals surface area contributed by atoms with Gasteiger partial charge in [0.15, 0.2) is 0 Å². The zero-order valence-corrected chi connectivity index (χ0v) is 18.6. The molecule has 0 spiro atoms. The molecular weight excluding hydrogens is 370 g/mol. The Hall–Kier alpha value is -2.59. The quantitative estimate of drug-likeness (QED) is 0.619. The fraction of sp³-hybridized carbons (Fsp3) is 0.423. The topological polar surface area (TPSA) is 62.1 Å². The van der Waals surface area contributed by atoms with Gasteiger partial charge in [0, 0.05) is 41.3 Å². The van der Waals surface area contributed by atoms with Crippen molar-refractivity contribution in [3.05, 3.63) is 69.9 Å². The van der Waals surface area contributed by atoms with Gasteiger partial charge in [0.25, 0.3) is 5.91 Å². The molecule has 0 fully saturated rings. The molecule has 0 aliphatic carbocycles. The van der Waals surface area contributed by atoms with Gasteiger partial charge < -0.3 is 15.6 Å². The third kappa shape index (κ3) is 4.01. The highest BCUT2D eigenvalue weighted by molar-refractivity contribution is 5.97. The van der Waals surface area contributed by atoms with E-state index < -0.39 is 0 Å². The number of nitrogens with zero attached hydrogens (tertiary/aromatic N) is 1. The SMILES string of the molecule is Cc1ccc2[nH]cc(CCC(C)(N)CCN3CCc4c(ccc(C)c4C)C3=O)c2c1. The number of H-pyrrole nitrogens is 1. The maximum Gasteiger partial charge on any atom is 0.254 e. The Kier molecular flexibility index (Phi) is 5.46. The number of nitrogens with one attached hydrogen (secondary N) is 1. The number of aromatic amines is 1. The Bertz CT molecular complexity index is 1090. The molecule has 4 heteroatoms. The van der Waals surface area contributed by atoms with Crippen LogP contribution >= 0.6 is 0 Å². The van der Waals surface area contributed by atoms with Crippen LogP contribution in [0.25, 0.3) is 10.9 Å². The van der Waals surface area contributed by atoms with E-state index in [4.69, 9.17) is 5.73 Å². The lowest BCUT2D eigenvalue weighted by atomic mass is 9.89. The van der Waals surface area contributed by atoms with Gasteiger partial charge in [0.1, 0.15) is 0 Å². The van der Waals surface area contributed by atoms with Crippen LogP contribution < -0.4 is 5.73 Å². The van der Waals surface area contributed by atoms with Gasteiger partial charge in [-0.1, -0.05) is 17.7 Å². The molecule has 158 valence electrons. The third-order valence-corrected chi connectivity index (χ3v) is 6.86. The smallest absolute Gasteiger partial charge is 0.254 e. The first-order valence-electron chi connectivity index (χ1n) is 11.0. The average Bonchev–Trinajstić information content (AvgIpc) is 3.11. The summed E-state index contributed by atoms with van der Waals surface area (Å²) in [6.07, 6.45) is 5.68. The molecule has 0 saturated carbocycles. The number of rotatable bonds is 6. The van der Waals surface area contributed by atoms with Crippen molar-refractivity contribution < 1.29 is 4.79 Å². The Balaban J connectivity index is 1.38. The summed E-state index contributed by atoms with van der Waals surface area (Å²) in [4.78, 5) is 18.3. The number of nitrogens with two attached hydrogens (primary N) is 1. The van der Waals surface area contributed by atoms with E-state index in [-0.39, 0.29) is 11.4 Å². The van der Waals surface area contributed by atoms with Gasteiger partial charge in [-0.3, -0.25) is 4.79 Å². The molecule has 0 bridgehead atoms. The molecule has 1 aromatic heterocycles. The lowest BCUT2D eigenvalue weighted by Gasteiger charge is -2.33. The molecule has 4 rings (SSSR count). The van der Waals surface area contributed by atoms with E-state index in [0.717, 1.165) is 37.8 Å². The highest BCUT2D eigenvalue weighted by Crippen LogP contribution is 2.27. The molecule has 2 heterocycles. The number of aryl methyl sites for hydroxylation is 3. The average molecular weight is 404 g/mol. The van der Waals surface area contributed by atoms with Crippen LogP contribution in [0.1, 0.15) is 57.9 Å². The number of aromatic nitrogens is 1. The normalized spacial score (nSPS) is 16.0. The van der Waals surface area contributed by atoms with E-state index in [1.165, 1.54) is 38.7 Å². The molecule has 3 aromatic rings. The molecule has 3 N–H and O–H groups in total. The summed E-state index contributed by atoms with van der Waals surface area (Å²) in [5.41, 5.74) is 14.7. The number of hydrogen-bond acceptors (Lipinski definition) is 2. The maximum atomic E-state index is 13.0. The second-order valence-electron chi connectivity index (χ2n) is 9.34. The van der Waals surface area contributed by atoms with Crippen molar-refractivity contribution in [2.45, 2.75) is 58.9 Å². The highest BCUT2D eigenvalue weighted by atomic mass is 16.2. The molecule has 2 aromatic carbocycles. The summed E-state index contributed by atoms with van der Waals surface area (Å²) in [7, 11) is 0. The summed E-state index contributed by atoms with van der Waals surface area (Å²) >= 11 is 0. The molecular formula is C26H33N3O. The van der Waals surface area contributed by atoms with Gasteiger partial charge in [-0.25, -0.2) is 0 Å². The summed E-state index contributed by atoms with van der Waals surface area (Å²) in [5.74, 6) is 0.155. The fourth-order valence-electron chi connectivity index (χ4n) is 4.56. The van der Waals surface area contributed by atoms with Crippen LogP contribution in [0.15, 0.2) is 36.5 Å². The minimum atomic E-state index is -0.308. The van der Waals surface area contributed by atoms with Gasteiger partial charge in [0.05, 0.1) is 0 Å². The number of fused-ring (bicyclic) bond motifs is 2. The van der Waals surface area contributed by atoms with E-state index >= 15 is 0 Å². The molecule has 30 heavy (non-hydrogen) atoms. The van der Waals surface area contributed by atoms with Gasteiger partial charge >= 0.3 is 0 Å². The van der Waals surface area contributed by atoms with Crippen LogP contribution in [-0.2, 0) is 12.8 Å². The van der Waals surface area contributed by atoms with Crippen molar-refractivity contribution in [3.63, 3.8) is 0 Å². The van der Waals surface area contributed by atoms with Crippen LogP contribution in [-0.4, -0.2) is 34.4 Å². The minimum Gasteiger partial charge on any atom is -0.361 e. The second-order valence-corrected chi connectivity index (χ2v) is 9.34. The predicted molar refractivity (Wildman–Crippen MR) is 124 cm³/mol. The van der Waals surface area contributed by atoms with E-state index in [0.29, 0.717) is 6.54 Å². The van der Waals surface area contributed by atoms with Crippen LogP contribution in [0.3, 0.4) is 0 Å². The predicted octanol–water partition coefficient (Wildman–Crippen LogP) is 4.83. The van der Waals surface area contributed by atoms with E-state index in [1.54, 1.807) is 0 Å². The Morgan fingerprint density at radius 3 is 2.73 bits per heavy atom. The summed E-state index contributed by atoms with van der Waals surface area (Å²) < 4.78 is 0. The van der Waals surface area contributed by atoms with Crippen molar-refractivity contribution in [1.29, 1.82) is 0 Å². The number of carbonyl (C=O) groups excluding carboxylic acids is 1. The van der Waals surface area contributed by atoms with Crippen molar-refractivity contribution in [1.82, 2.24) is 9.88 Å². The monoisotopic (exact) mass is 403 g/mol. The van der Waals surface area contributed by atoms with Crippen molar-refractivity contribution >= 4 is 16.8 Å². The highest BCUT2D eigenvalue weighted by Gasteiger charge is 2.28. The summed E-state index contributed by atoms with van der Waals surface area (Å²) in [5, 5.41) is 1.29. The Labute approximate surface area is 179 Å². The third-order valence-electron chi connectivity index (χ3n) is 6.86. The van der Waals surface area contributed by atoms with E-state index in [1.807, 2.05) is 11.0 Å². The van der Waals surface area contributed by atoms with Crippen molar-refractivity contribution in [2.24, 2.45) is 5.73 Å². The van der Waals surface area contributed by atoms with Crippen LogP contribution in [0.2, 0.25) is 0 Å². The van der Waals surface area contributed by atoms with Crippen molar-refractivity contribution in [3.8, 4) is 0 Å². The zero-order chi connectivity index (χ0) is 21.5. The minimum absolute atomic E-state index is 0.155. The van der Waals surface area contributed by atoms with Crippen LogP contribution in [0.5, 0.6) is 0 Å². The van der Waals surface area contributed by atoms with E-state index in [9.17, 15) is 4.79 Å². The maximum absolute atomic E-state index is 13.0. The Morgan fingerprint density at radius 2 is 1.93 bits per heavy atom. The largest absolute Gasteiger partial charge is 0.361 e. The molecule has 4 nitrogen and oxygen atoms in total. The van der Waals surface area contributed by atoms with Gasteiger partial charge in [-0.15, -0.1) is 0 Å². The first-order valence-corrected chi connectivity index (χ1v) is 11.0. The number of benzene rings is 2. The lowest BCUT2D eigenvalue weighted by Crippen LogP contribution is -2.44. The van der Waals surface area contributed by atoms with Gasteiger partial charge in [-0.05, 0) is 93.8 Å². The van der Waals surface area contributed by atoms with Crippen LogP contribution in [0.4, 0.5) is 0 Å². The van der Waals surface area contributed by atoms with Gasteiger partial charge in [0.2, 0.25) is 0 Å². The molecule has 1 aliphatic rings. The zero-order valence-electron chi connectivity index (χ0n) is 18.6. The summed E-state index contributed by atoms with van der Waals surface area (Å²) in [6.45, 7) is 9.98. The van der Waals surface area contributed by atoms with Gasteiger partial charge in [-0.2, -0.15) is 0 Å². The Morgan fingerprint density at radius 1 is 1.13 bits per heavy atom. The summed E-state index contributed by atoms with van der Waals surface area (Å²) in [6, 6.07) is 10.6. The molecule has 0 saturated heterocycles. The number of carbonyl (C=O) groups is 1. The standard InChI is InChI=1S/C26H33N3O/c1-17-5-8-24-23(15-17)20(16-28-24)9-11-26(4,27)12-14-29-13-10-21-19(3)18(2)6-7-22(21)25(29)30/h5-8,15-16,28H,9-14,27H2,1-4H3. The first-order chi connectivity index (χ1) is 14.2. The number of hydrogen-bond donors (Lipinski definition) is 2. The first kappa shape index (κ1) is 20.7. The number of amides is 1. The molecule has 1 unspecified atom stereocenters. The fourth-order valence-corrected chi connectivity index (χ4v) is 4.56. The molecule has 1 amide bonds. The lowest BCUT2D eigenvalue weighted by molar-refractivity contribution is 0.0726. The van der Waals surface area contributed by atoms with E-state index in [2.05, 4.69) is 63.1 Å². The molecule has 1 atom stereocenters. The van der Waals surface area contributed by atoms with Crippen molar-refractivity contribution in [2.75, 3.05) is 13.1 Å².